The van der Waals surface area contributed by atoms with E-state index in [0.29, 0.717) is 12.0 Å². The van der Waals surface area contributed by atoms with Gasteiger partial charge in [-0.1, -0.05) is 36.4 Å². The first-order chi connectivity index (χ1) is 11.4. The smallest absolute Gasteiger partial charge is 0.405 e. The van der Waals surface area contributed by atoms with Gasteiger partial charge < -0.3 is 15.8 Å². The number of nitrogens with zero attached hydrogens (tertiary/aromatic N) is 1. The van der Waals surface area contributed by atoms with Crippen molar-refractivity contribution in [2.45, 2.75) is 24.7 Å². The van der Waals surface area contributed by atoms with E-state index in [1.807, 2.05) is 30.3 Å². The lowest BCUT2D eigenvalue weighted by Crippen LogP contribution is -2.23. The quantitative estimate of drug-likeness (QED) is 0.399. The fourth-order valence-electron chi connectivity index (χ4n) is 2.54. The summed E-state index contributed by atoms with van der Waals surface area (Å²) in [4.78, 5) is 4.33. The number of anilines is 1. The number of nitrogens with two attached hydrogens (primary N) is 1. The molecule has 0 spiro atoms. The Morgan fingerprint density at radius 3 is 2.40 bits per heavy atom. The van der Waals surface area contributed by atoms with Gasteiger partial charge in [0.1, 0.15) is 5.75 Å². The molecule has 1 aliphatic carbocycles. The molecule has 1 saturated carbocycles. The SMILES string of the molecule is I.NC(=NC1CC1c1ccccc1OC(F)(F)F)Nc1ccccc1. The molecule has 3 N–H and O–H groups in total. The first-order valence-electron chi connectivity index (χ1n) is 7.42. The van der Waals surface area contributed by atoms with E-state index in [1.54, 1.807) is 12.1 Å². The van der Waals surface area contributed by atoms with Gasteiger partial charge in [0.2, 0.25) is 0 Å². The number of nitrogens with one attached hydrogen (secondary N) is 1. The van der Waals surface area contributed by atoms with Crippen LogP contribution in [-0.4, -0.2) is 18.4 Å². The number of rotatable bonds is 4. The second-order valence-corrected chi connectivity index (χ2v) is 5.50. The van der Waals surface area contributed by atoms with Crippen LogP contribution >= 0.6 is 24.0 Å². The number of para-hydroxylation sites is 2. The number of halogens is 4. The van der Waals surface area contributed by atoms with Crippen molar-refractivity contribution in [1.29, 1.82) is 0 Å². The minimum absolute atomic E-state index is 0. The zero-order valence-electron chi connectivity index (χ0n) is 13.0. The van der Waals surface area contributed by atoms with E-state index < -0.39 is 6.36 Å². The Hall–Kier alpha value is -1.97. The van der Waals surface area contributed by atoms with Crippen molar-refractivity contribution >= 4 is 35.6 Å². The average molecular weight is 463 g/mol. The maximum absolute atomic E-state index is 12.5. The highest BCUT2D eigenvalue weighted by atomic mass is 127. The highest BCUT2D eigenvalue weighted by Crippen LogP contribution is 2.47. The second-order valence-electron chi connectivity index (χ2n) is 5.50. The van der Waals surface area contributed by atoms with E-state index >= 15 is 0 Å². The number of hydrogen-bond acceptors (Lipinski definition) is 2. The van der Waals surface area contributed by atoms with E-state index in [0.717, 1.165) is 5.69 Å². The third-order valence-corrected chi connectivity index (χ3v) is 3.65. The van der Waals surface area contributed by atoms with Crippen molar-refractivity contribution in [3.8, 4) is 5.75 Å². The summed E-state index contributed by atoms with van der Waals surface area (Å²) in [5.74, 6) is -0.0649. The summed E-state index contributed by atoms with van der Waals surface area (Å²) in [6.45, 7) is 0. The lowest BCUT2D eigenvalue weighted by Gasteiger charge is -2.12. The van der Waals surface area contributed by atoms with Gasteiger partial charge >= 0.3 is 6.36 Å². The molecule has 1 fully saturated rings. The molecule has 2 atom stereocenters. The van der Waals surface area contributed by atoms with Crippen LogP contribution in [0.25, 0.3) is 0 Å². The van der Waals surface area contributed by atoms with E-state index in [2.05, 4.69) is 15.0 Å². The molecule has 0 radical (unpaired) electrons. The molecule has 2 unspecified atom stereocenters. The van der Waals surface area contributed by atoms with Crippen LogP contribution in [0.15, 0.2) is 59.6 Å². The third-order valence-electron chi connectivity index (χ3n) is 3.65. The summed E-state index contributed by atoms with van der Waals surface area (Å²) in [5.41, 5.74) is 7.15. The molecular formula is C17H17F3IN3O. The Bertz CT molecular complexity index is 737. The number of guanidine groups is 1. The van der Waals surface area contributed by atoms with Crippen LogP contribution in [0.2, 0.25) is 0 Å². The summed E-state index contributed by atoms with van der Waals surface area (Å²) in [7, 11) is 0. The van der Waals surface area contributed by atoms with Crippen LogP contribution in [0, 0.1) is 0 Å². The molecule has 0 saturated heterocycles. The van der Waals surface area contributed by atoms with Crippen LogP contribution in [0.5, 0.6) is 5.75 Å². The molecule has 0 heterocycles. The van der Waals surface area contributed by atoms with Crippen molar-refractivity contribution in [3.05, 3.63) is 60.2 Å². The monoisotopic (exact) mass is 463 g/mol. The Kier molecular flexibility index (Phi) is 6.15. The predicted octanol–water partition coefficient (Wildman–Crippen LogP) is 4.49. The summed E-state index contributed by atoms with van der Waals surface area (Å²) < 4.78 is 41.5. The van der Waals surface area contributed by atoms with Gasteiger partial charge in [-0.15, -0.1) is 37.1 Å². The zero-order valence-corrected chi connectivity index (χ0v) is 15.4. The molecule has 0 amide bonds. The van der Waals surface area contributed by atoms with Crippen LogP contribution in [0.3, 0.4) is 0 Å². The third kappa shape index (κ3) is 5.52. The molecule has 8 heteroatoms. The van der Waals surface area contributed by atoms with E-state index in [-0.39, 0.29) is 47.6 Å². The zero-order chi connectivity index (χ0) is 17.2. The molecule has 0 aromatic heterocycles. The number of hydrogen-bond donors (Lipinski definition) is 2. The van der Waals surface area contributed by atoms with Crippen molar-refractivity contribution < 1.29 is 17.9 Å². The topological polar surface area (TPSA) is 59.6 Å². The Labute approximate surface area is 160 Å². The largest absolute Gasteiger partial charge is 0.573 e. The molecule has 4 nitrogen and oxygen atoms in total. The normalized spacial score (nSPS) is 19.7. The molecule has 25 heavy (non-hydrogen) atoms. The van der Waals surface area contributed by atoms with Crippen LogP contribution in [-0.2, 0) is 0 Å². The van der Waals surface area contributed by atoms with Gasteiger partial charge in [-0.3, -0.25) is 0 Å². The minimum atomic E-state index is -4.71. The molecule has 2 aromatic rings. The maximum Gasteiger partial charge on any atom is 0.573 e. The first-order valence-corrected chi connectivity index (χ1v) is 7.42. The average Bonchev–Trinajstić information content (AvgIpc) is 3.26. The molecule has 134 valence electrons. The van der Waals surface area contributed by atoms with Gasteiger partial charge in [0.05, 0.1) is 6.04 Å². The van der Waals surface area contributed by atoms with Gasteiger partial charge in [0, 0.05) is 11.6 Å². The van der Waals surface area contributed by atoms with Gasteiger partial charge in [-0.2, -0.15) is 0 Å². The van der Waals surface area contributed by atoms with Crippen LogP contribution < -0.4 is 15.8 Å². The number of aliphatic imine (C=N–C) groups is 1. The van der Waals surface area contributed by atoms with Gasteiger partial charge in [0.15, 0.2) is 5.96 Å². The molecule has 1 aliphatic rings. The standard InChI is InChI=1S/C17H16F3N3O.HI/c18-17(19,20)24-15-9-5-4-8-12(15)13-10-14(13)23-16(21)22-11-6-2-1-3-7-11;/h1-9,13-14H,10H2,(H3,21,22,23);1H. The Morgan fingerprint density at radius 2 is 1.72 bits per heavy atom. The number of benzene rings is 2. The van der Waals surface area contributed by atoms with Crippen molar-refractivity contribution in [3.63, 3.8) is 0 Å². The van der Waals surface area contributed by atoms with E-state index in [4.69, 9.17) is 5.73 Å². The molecular weight excluding hydrogens is 446 g/mol. The van der Waals surface area contributed by atoms with Crippen molar-refractivity contribution in [2.24, 2.45) is 10.7 Å². The van der Waals surface area contributed by atoms with E-state index in [9.17, 15) is 13.2 Å². The molecule has 0 aliphatic heterocycles. The Morgan fingerprint density at radius 1 is 1.08 bits per heavy atom. The number of alkyl halides is 3. The first kappa shape index (κ1) is 19.4. The summed E-state index contributed by atoms with van der Waals surface area (Å²) in [6.07, 6.45) is -4.08. The fraction of sp³-hybridized carbons (Fsp3) is 0.235. The van der Waals surface area contributed by atoms with Gasteiger partial charge in [-0.05, 0) is 30.2 Å². The number of ether oxygens (including phenoxy) is 1. The lowest BCUT2D eigenvalue weighted by atomic mass is 10.1. The van der Waals surface area contributed by atoms with Crippen molar-refractivity contribution in [2.75, 3.05) is 5.32 Å². The predicted molar refractivity (Wildman–Crippen MR) is 101 cm³/mol. The Balaban J connectivity index is 0.00000225. The molecule has 2 aromatic carbocycles. The van der Waals surface area contributed by atoms with E-state index in [1.165, 1.54) is 12.1 Å². The lowest BCUT2D eigenvalue weighted by molar-refractivity contribution is -0.274. The fourth-order valence-corrected chi connectivity index (χ4v) is 2.54. The van der Waals surface area contributed by atoms with Crippen LogP contribution in [0.4, 0.5) is 18.9 Å². The van der Waals surface area contributed by atoms with Crippen LogP contribution in [0.1, 0.15) is 17.9 Å². The molecule has 0 bridgehead atoms. The van der Waals surface area contributed by atoms with Gasteiger partial charge in [-0.25, -0.2) is 4.99 Å². The minimum Gasteiger partial charge on any atom is -0.405 e. The summed E-state index contributed by atoms with van der Waals surface area (Å²) in [5, 5.41) is 2.95. The second kappa shape index (κ2) is 7.94. The summed E-state index contributed by atoms with van der Waals surface area (Å²) in [6, 6.07) is 15.3. The highest BCUT2D eigenvalue weighted by molar-refractivity contribution is 14.0. The van der Waals surface area contributed by atoms with Crippen molar-refractivity contribution in [1.82, 2.24) is 0 Å². The molecule has 3 rings (SSSR count). The van der Waals surface area contributed by atoms with Gasteiger partial charge in [0.25, 0.3) is 0 Å². The highest BCUT2D eigenvalue weighted by Gasteiger charge is 2.42. The summed E-state index contributed by atoms with van der Waals surface area (Å²) >= 11 is 0. The maximum atomic E-state index is 12.5.